The zero-order valence-electron chi connectivity index (χ0n) is 15.8. The molecule has 0 aliphatic carbocycles. The Labute approximate surface area is 165 Å². The van der Waals surface area contributed by atoms with Crippen molar-refractivity contribution in [3.05, 3.63) is 52.3 Å². The van der Waals surface area contributed by atoms with Gasteiger partial charge in [-0.3, -0.25) is 14.7 Å². The average molecular weight is 406 g/mol. The van der Waals surface area contributed by atoms with Crippen LogP contribution in [0.4, 0.5) is 13.2 Å². The SMILES string of the molecule is O=C(CCC(F)(F)F)N1CCc2c(C(=O)N3CCc4ccccc4C3)n[nH]c2C1. The van der Waals surface area contributed by atoms with E-state index in [1.807, 2.05) is 18.2 Å². The van der Waals surface area contributed by atoms with E-state index >= 15 is 0 Å². The molecule has 0 radical (unpaired) electrons. The number of nitrogens with zero attached hydrogens (tertiary/aromatic N) is 3. The largest absolute Gasteiger partial charge is 0.389 e. The summed E-state index contributed by atoms with van der Waals surface area (Å²) in [7, 11) is 0. The Hall–Kier alpha value is -2.84. The summed E-state index contributed by atoms with van der Waals surface area (Å²) in [6.45, 7) is 1.57. The fourth-order valence-corrected chi connectivity index (χ4v) is 3.93. The number of aromatic nitrogens is 2. The standard InChI is InChI=1S/C20H21F3N4O2/c21-20(22,23)8-5-17(28)26-10-7-15-16(12-26)24-25-18(15)19(29)27-9-6-13-3-1-2-4-14(13)11-27/h1-4H,5-12H2,(H,24,25). The van der Waals surface area contributed by atoms with Crippen LogP contribution in [0, 0.1) is 0 Å². The number of rotatable bonds is 3. The molecule has 0 saturated heterocycles. The van der Waals surface area contributed by atoms with Gasteiger partial charge in [-0.2, -0.15) is 18.3 Å². The highest BCUT2D eigenvalue weighted by Gasteiger charge is 2.33. The van der Waals surface area contributed by atoms with E-state index in [1.54, 1.807) is 4.90 Å². The Morgan fingerprint density at radius 2 is 1.76 bits per heavy atom. The van der Waals surface area contributed by atoms with E-state index in [1.165, 1.54) is 10.5 Å². The molecule has 6 nitrogen and oxygen atoms in total. The number of alkyl halides is 3. The van der Waals surface area contributed by atoms with Gasteiger partial charge < -0.3 is 9.80 Å². The molecule has 2 aromatic rings. The van der Waals surface area contributed by atoms with Gasteiger partial charge in [0, 0.05) is 31.6 Å². The number of H-pyrrole nitrogens is 1. The van der Waals surface area contributed by atoms with E-state index in [9.17, 15) is 22.8 Å². The van der Waals surface area contributed by atoms with Gasteiger partial charge in [-0.25, -0.2) is 0 Å². The Bertz CT molecular complexity index is 938. The van der Waals surface area contributed by atoms with E-state index in [0.29, 0.717) is 30.9 Å². The monoisotopic (exact) mass is 406 g/mol. The van der Waals surface area contributed by atoms with Crippen molar-refractivity contribution in [2.75, 3.05) is 13.1 Å². The lowest BCUT2D eigenvalue weighted by Crippen LogP contribution is -2.38. The zero-order valence-corrected chi connectivity index (χ0v) is 15.8. The van der Waals surface area contributed by atoms with Crippen molar-refractivity contribution in [2.45, 2.75) is 44.9 Å². The summed E-state index contributed by atoms with van der Waals surface area (Å²) >= 11 is 0. The number of amides is 2. The van der Waals surface area contributed by atoms with Crippen LogP contribution in [-0.4, -0.2) is 51.1 Å². The molecule has 0 bridgehead atoms. The van der Waals surface area contributed by atoms with Crippen molar-refractivity contribution in [1.82, 2.24) is 20.0 Å². The fourth-order valence-electron chi connectivity index (χ4n) is 3.93. The van der Waals surface area contributed by atoms with Crippen molar-refractivity contribution in [3.63, 3.8) is 0 Å². The second kappa shape index (κ2) is 7.53. The van der Waals surface area contributed by atoms with Crippen LogP contribution in [0.2, 0.25) is 0 Å². The third-order valence-corrected chi connectivity index (χ3v) is 5.53. The molecule has 0 unspecified atom stereocenters. The number of benzene rings is 1. The van der Waals surface area contributed by atoms with Gasteiger partial charge in [-0.15, -0.1) is 0 Å². The van der Waals surface area contributed by atoms with E-state index in [2.05, 4.69) is 16.3 Å². The second-order valence-corrected chi connectivity index (χ2v) is 7.46. The van der Waals surface area contributed by atoms with Gasteiger partial charge in [0.15, 0.2) is 5.69 Å². The van der Waals surface area contributed by atoms with E-state index in [-0.39, 0.29) is 19.0 Å². The summed E-state index contributed by atoms with van der Waals surface area (Å²) in [6.07, 6.45) is -4.85. The molecule has 4 rings (SSSR count). The van der Waals surface area contributed by atoms with Gasteiger partial charge in [0.05, 0.1) is 18.7 Å². The molecule has 9 heteroatoms. The normalized spacial score (nSPS) is 16.4. The number of hydrogen-bond donors (Lipinski definition) is 1. The topological polar surface area (TPSA) is 69.3 Å². The Balaban J connectivity index is 1.43. The van der Waals surface area contributed by atoms with Crippen LogP contribution in [0.15, 0.2) is 24.3 Å². The van der Waals surface area contributed by atoms with Gasteiger partial charge in [0.25, 0.3) is 5.91 Å². The first kappa shape index (κ1) is 19.5. The van der Waals surface area contributed by atoms with Gasteiger partial charge in [-0.1, -0.05) is 24.3 Å². The Morgan fingerprint density at radius 1 is 1.03 bits per heavy atom. The predicted octanol–water partition coefficient (Wildman–Crippen LogP) is 2.84. The lowest BCUT2D eigenvalue weighted by Gasteiger charge is -2.30. The molecule has 2 aliphatic rings. The van der Waals surface area contributed by atoms with Gasteiger partial charge in [-0.05, 0) is 24.0 Å². The first-order valence-corrected chi connectivity index (χ1v) is 9.58. The number of carbonyl (C=O) groups excluding carboxylic acids is 2. The van der Waals surface area contributed by atoms with Crippen molar-refractivity contribution in [2.24, 2.45) is 0 Å². The molecule has 1 aromatic heterocycles. The maximum Gasteiger partial charge on any atom is 0.389 e. The summed E-state index contributed by atoms with van der Waals surface area (Å²) in [4.78, 5) is 28.2. The summed E-state index contributed by atoms with van der Waals surface area (Å²) in [5, 5.41) is 6.98. The number of hydrogen-bond acceptors (Lipinski definition) is 3. The molecule has 0 atom stereocenters. The minimum Gasteiger partial charge on any atom is -0.336 e. The second-order valence-electron chi connectivity index (χ2n) is 7.46. The van der Waals surface area contributed by atoms with Crippen LogP contribution in [0.1, 0.15) is 45.7 Å². The van der Waals surface area contributed by atoms with E-state index < -0.39 is 24.9 Å². The first-order chi connectivity index (χ1) is 13.8. The van der Waals surface area contributed by atoms with Crippen LogP contribution < -0.4 is 0 Å². The third kappa shape index (κ3) is 4.13. The summed E-state index contributed by atoms with van der Waals surface area (Å²) < 4.78 is 37.1. The van der Waals surface area contributed by atoms with E-state index in [0.717, 1.165) is 17.5 Å². The molecular weight excluding hydrogens is 385 g/mol. The molecule has 0 spiro atoms. The van der Waals surface area contributed by atoms with Crippen LogP contribution in [0.3, 0.4) is 0 Å². The third-order valence-electron chi connectivity index (χ3n) is 5.53. The van der Waals surface area contributed by atoms with Crippen LogP contribution >= 0.6 is 0 Å². The number of aromatic amines is 1. The van der Waals surface area contributed by atoms with Gasteiger partial charge in [0.2, 0.25) is 5.91 Å². The molecule has 3 heterocycles. The van der Waals surface area contributed by atoms with E-state index in [4.69, 9.17) is 0 Å². The Kier molecular flexibility index (Phi) is 5.06. The smallest absolute Gasteiger partial charge is 0.336 e. The minimum atomic E-state index is -4.35. The highest BCUT2D eigenvalue weighted by Crippen LogP contribution is 2.26. The van der Waals surface area contributed by atoms with Gasteiger partial charge in [0.1, 0.15) is 0 Å². The molecule has 1 aromatic carbocycles. The van der Waals surface area contributed by atoms with Crippen molar-refractivity contribution < 1.29 is 22.8 Å². The fraction of sp³-hybridized carbons (Fsp3) is 0.450. The Morgan fingerprint density at radius 3 is 2.52 bits per heavy atom. The lowest BCUT2D eigenvalue weighted by molar-refractivity contribution is -0.149. The quantitative estimate of drug-likeness (QED) is 0.852. The zero-order chi connectivity index (χ0) is 20.6. The summed E-state index contributed by atoms with van der Waals surface area (Å²) in [5.74, 6) is -0.697. The molecule has 2 aliphatic heterocycles. The maximum atomic E-state index is 13.0. The van der Waals surface area contributed by atoms with Crippen molar-refractivity contribution in [1.29, 1.82) is 0 Å². The lowest BCUT2D eigenvalue weighted by atomic mass is 9.98. The molecule has 29 heavy (non-hydrogen) atoms. The predicted molar refractivity (Wildman–Crippen MR) is 97.9 cm³/mol. The van der Waals surface area contributed by atoms with Crippen LogP contribution in [-0.2, 0) is 30.7 Å². The highest BCUT2D eigenvalue weighted by atomic mass is 19.4. The number of nitrogens with one attached hydrogen (secondary N) is 1. The number of fused-ring (bicyclic) bond motifs is 2. The molecular formula is C20H21F3N4O2. The van der Waals surface area contributed by atoms with Crippen LogP contribution in [0.25, 0.3) is 0 Å². The molecule has 154 valence electrons. The number of carbonyl (C=O) groups is 2. The average Bonchev–Trinajstić information content (AvgIpc) is 3.13. The van der Waals surface area contributed by atoms with Crippen molar-refractivity contribution >= 4 is 11.8 Å². The number of halogens is 3. The van der Waals surface area contributed by atoms with Gasteiger partial charge >= 0.3 is 6.18 Å². The molecule has 2 amide bonds. The summed E-state index contributed by atoms with van der Waals surface area (Å²) in [6, 6.07) is 8.02. The summed E-state index contributed by atoms with van der Waals surface area (Å²) in [5.41, 5.74) is 4.10. The molecule has 0 fully saturated rings. The van der Waals surface area contributed by atoms with Crippen molar-refractivity contribution in [3.8, 4) is 0 Å². The molecule has 1 N–H and O–H groups in total. The van der Waals surface area contributed by atoms with Crippen LogP contribution in [0.5, 0.6) is 0 Å². The molecule has 0 saturated carbocycles. The highest BCUT2D eigenvalue weighted by molar-refractivity contribution is 5.94. The first-order valence-electron chi connectivity index (χ1n) is 9.58. The minimum absolute atomic E-state index is 0.148. The maximum absolute atomic E-state index is 13.0.